The van der Waals surface area contributed by atoms with Crippen LogP contribution in [0.5, 0.6) is 0 Å². The van der Waals surface area contributed by atoms with E-state index < -0.39 is 0 Å². The number of rotatable bonds is 2. The van der Waals surface area contributed by atoms with Crippen molar-refractivity contribution in [3.05, 3.63) is 23.8 Å². The highest BCUT2D eigenvalue weighted by Gasteiger charge is 2.36. The molecule has 19 heavy (non-hydrogen) atoms. The number of aromatic nitrogens is 4. The summed E-state index contributed by atoms with van der Waals surface area (Å²) in [6.07, 6.45) is 3.88. The van der Waals surface area contributed by atoms with Crippen LogP contribution < -0.4 is 4.90 Å². The van der Waals surface area contributed by atoms with Crippen LogP contribution in [0, 0.1) is 6.92 Å². The van der Waals surface area contributed by atoms with E-state index in [2.05, 4.69) is 26.3 Å². The van der Waals surface area contributed by atoms with Gasteiger partial charge in [-0.25, -0.2) is 4.98 Å². The van der Waals surface area contributed by atoms with Crippen LogP contribution in [0.3, 0.4) is 0 Å². The highest BCUT2D eigenvalue weighted by Crippen LogP contribution is 2.31. The lowest BCUT2D eigenvalue weighted by molar-refractivity contribution is -0.0466. The largest absolute Gasteiger partial charge is 0.367 e. The van der Waals surface area contributed by atoms with E-state index in [9.17, 15) is 0 Å². The zero-order valence-electron chi connectivity index (χ0n) is 11.3. The summed E-state index contributed by atoms with van der Waals surface area (Å²) in [5.41, 5.74) is 0.757. The van der Waals surface area contributed by atoms with Crippen molar-refractivity contribution in [2.75, 3.05) is 24.6 Å². The van der Waals surface area contributed by atoms with E-state index in [1.54, 1.807) is 4.68 Å². The summed E-state index contributed by atoms with van der Waals surface area (Å²) in [6.45, 7) is 6.33. The fourth-order valence-electron chi connectivity index (χ4n) is 2.32. The van der Waals surface area contributed by atoms with Gasteiger partial charge in [-0.15, -0.1) is 0 Å². The first-order valence-electron chi connectivity index (χ1n) is 6.25. The Kier molecular flexibility index (Phi) is 3.02. The van der Waals surface area contributed by atoms with Gasteiger partial charge in [0.1, 0.15) is 11.4 Å². The molecule has 0 radical (unpaired) electrons. The highest BCUT2D eigenvalue weighted by molar-refractivity contribution is 7.09. The standard InChI is InChI=1S/C12H17N5OS/c1-9-14-11(19-15-9)17-4-5-18-12(2,8-17)10-6-13-16(3)7-10/h6-7H,4-5,8H2,1-3H3. The molecule has 0 amide bonds. The minimum Gasteiger partial charge on any atom is -0.367 e. The minimum atomic E-state index is -0.341. The Balaban J connectivity index is 1.84. The van der Waals surface area contributed by atoms with Gasteiger partial charge >= 0.3 is 0 Å². The molecular weight excluding hydrogens is 262 g/mol. The number of nitrogens with zero attached hydrogens (tertiary/aromatic N) is 5. The van der Waals surface area contributed by atoms with Crippen molar-refractivity contribution in [1.82, 2.24) is 19.1 Å². The number of morpholine rings is 1. The molecule has 0 bridgehead atoms. The van der Waals surface area contributed by atoms with E-state index in [1.807, 2.05) is 26.4 Å². The SMILES string of the molecule is Cc1nsc(N2CCOC(C)(c3cnn(C)c3)C2)n1. The Morgan fingerprint density at radius 2 is 2.32 bits per heavy atom. The second-order valence-electron chi connectivity index (χ2n) is 5.03. The van der Waals surface area contributed by atoms with E-state index in [0.717, 1.165) is 29.6 Å². The first-order chi connectivity index (χ1) is 9.07. The minimum absolute atomic E-state index is 0.341. The third-order valence-electron chi connectivity index (χ3n) is 3.38. The van der Waals surface area contributed by atoms with Crippen molar-refractivity contribution in [2.45, 2.75) is 19.4 Å². The van der Waals surface area contributed by atoms with Crippen molar-refractivity contribution in [2.24, 2.45) is 7.05 Å². The van der Waals surface area contributed by atoms with E-state index in [1.165, 1.54) is 11.5 Å². The molecule has 1 unspecified atom stereocenters. The van der Waals surface area contributed by atoms with Gasteiger partial charge in [0.2, 0.25) is 5.13 Å². The van der Waals surface area contributed by atoms with E-state index in [0.29, 0.717) is 6.61 Å². The molecular formula is C12H17N5OS. The average Bonchev–Trinajstić information content (AvgIpc) is 2.98. The summed E-state index contributed by atoms with van der Waals surface area (Å²) in [5.74, 6) is 0.828. The van der Waals surface area contributed by atoms with Crippen molar-refractivity contribution in [3.8, 4) is 0 Å². The maximum absolute atomic E-state index is 5.98. The summed E-state index contributed by atoms with van der Waals surface area (Å²) in [6, 6.07) is 0. The molecule has 3 heterocycles. The molecule has 0 spiro atoms. The normalized spacial score (nSPS) is 23.8. The number of anilines is 1. The van der Waals surface area contributed by atoms with Crippen LogP contribution in [-0.2, 0) is 17.4 Å². The molecule has 0 aromatic carbocycles. The Hall–Kier alpha value is -1.47. The third-order valence-corrected chi connectivity index (χ3v) is 4.25. The van der Waals surface area contributed by atoms with Crippen molar-refractivity contribution < 1.29 is 4.74 Å². The van der Waals surface area contributed by atoms with Gasteiger partial charge in [0, 0.05) is 36.9 Å². The summed E-state index contributed by atoms with van der Waals surface area (Å²) in [5, 5.41) is 5.20. The lowest BCUT2D eigenvalue weighted by Gasteiger charge is -2.39. The molecule has 1 aliphatic heterocycles. The van der Waals surface area contributed by atoms with E-state index in [-0.39, 0.29) is 5.60 Å². The molecule has 0 saturated carbocycles. The molecule has 1 saturated heterocycles. The number of hydrogen-bond acceptors (Lipinski definition) is 6. The molecule has 2 aromatic rings. The second-order valence-corrected chi connectivity index (χ2v) is 5.76. The number of ether oxygens (including phenoxy) is 1. The third kappa shape index (κ3) is 2.35. The molecule has 1 fully saturated rings. The summed E-state index contributed by atoms with van der Waals surface area (Å²) < 4.78 is 12.0. The summed E-state index contributed by atoms with van der Waals surface area (Å²) in [7, 11) is 1.92. The van der Waals surface area contributed by atoms with Gasteiger partial charge in [-0.2, -0.15) is 9.47 Å². The topological polar surface area (TPSA) is 56.1 Å². The Labute approximate surface area is 116 Å². The Morgan fingerprint density at radius 1 is 1.47 bits per heavy atom. The second kappa shape index (κ2) is 4.57. The van der Waals surface area contributed by atoms with Gasteiger partial charge < -0.3 is 9.64 Å². The molecule has 102 valence electrons. The molecule has 3 rings (SSSR count). The quantitative estimate of drug-likeness (QED) is 0.830. The molecule has 1 atom stereocenters. The van der Waals surface area contributed by atoms with Crippen LogP contribution in [0.25, 0.3) is 0 Å². The molecule has 7 heteroatoms. The average molecular weight is 279 g/mol. The van der Waals surface area contributed by atoms with Crippen LogP contribution in [0.15, 0.2) is 12.4 Å². The summed E-state index contributed by atoms with van der Waals surface area (Å²) >= 11 is 1.45. The fraction of sp³-hybridized carbons (Fsp3) is 0.583. The fourth-order valence-corrected chi connectivity index (χ4v) is 3.02. The van der Waals surface area contributed by atoms with Gasteiger partial charge in [0.25, 0.3) is 0 Å². The lowest BCUT2D eigenvalue weighted by Crippen LogP contribution is -2.48. The molecule has 1 aliphatic rings. The van der Waals surface area contributed by atoms with Crippen LogP contribution in [-0.4, -0.2) is 38.8 Å². The van der Waals surface area contributed by atoms with Gasteiger partial charge in [-0.3, -0.25) is 4.68 Å². The molecule has 6 nitrogen and oxygen atoms in total. The zero-order chi connectivity index (χ0) is 13.5. The van der Waals surface area contributed by atoms with Crippen LogP contribution >= 0.6 is 11.5 Å². The van der Waals surface area contributed by atoms with Crippen molar-refractivity contribution >= 4 is 16.7 Å². The van der Waals surface area contributed by atoms with E-state index in [4.69, 9.17) is 4.74 Å². The monoisotopic (exact) mass is 279 g/mol. The molecule has 0 N–H and O–H groups in total. The maximum Gasteiger partial charge on any atom is 0.205 e. The number of aryl methyl sites for hydroxylation is 2. The van der Waals surface area contributed by atoms with Crippen LogP contribution in [0.4, 0.5) is 5.13 Å². The first kappa shape index (κ1) is 12.6. The van der Waals surface area contributed by atoms with Gasteiger partial charge in [0.15, 0.2) is 0 Å². The zero-order valence-corrected chi connectivity index (χ0v) is 12.1. The molecule has 2 aromatic heterocycles. The maximum atomic E-state index is 5.98. The van der Waals surface area contributed by atoms with E-state index >= 15 is 0 Å². The Morgan fingerprint density at radius 3 is 2.95 bits per heavy atom. The van der Waals surface area contributed by atoms with Gasteiger partial charge in [-0.05, 0) is 13.8 Å². The number of hydrogen-bond donors (Lipinski definition) is 0. The smallest absolute Gasteiger partial charge is 0.205 e. The van der Waals surface area contributed by atoms with Gasteiger partial charge in [-0.1, -0.05) is 0 Å². The first-order valence-corrected chi connectivity index (χ1v) is 7.02. The van der Waals surface area contributed by atoms with Crippen molar-refractivity contribution in [3.63, 3.8) is 0 Å². The predicted octanol–water partition coefficient (Wildman–Crippen LogP) is 1.33. The van der Waals surface area contributed by atoms with Gasteiger partial charge in [0.05, 0.1) is 19.3 Å². The lowest BCUT2D eigenvalue weighted by atomic mass is 9.97. The van der Waals surface area contributed by atoms with Crippen molar-refractivity contribution in [1.29, 1.82) is 0 Å². The van der Waals surface area contributed by atoms with Crippen LogP contribution in [0.1, 0.15) is 18.3 Å². The summed E-state index contributed by atoms with van der Waals surface area (Å²) in [4.78, 5) is 6.69. The van der Waals surface area contributed by atoms with Crippen LogP contribution in [0.2, 0.25) is 0 Å². The predicted molar refractivity (Wildman–Crippen MR) is 73.4 cm³/mol. The molecule has 0 aliphatic carbocycles. The highest BCUT2D eigenvalue weighted by atomic mass is 32.1. The Bertz CT molecular complexity index is 580.